The van der Waals surface area contributed by atoms with E-state index in [1.165, 1.54) is 54.9 Å². The maximum Gasteiger partial charge on any atom is 0.0562 e. The van der Waals surface area contributed by atoms with E-state index in [0.717, 1.165) is 45.0 Å². The van der Waals surface area contributed by atoms with Crippen LogP contribution >= 0.6 is 0 Å². The lowest BCUT2D eigenvalue weighted by Crippen LogP contribution is -2.13. The van der Waals surface area contributed by atoms with Crippen LogP contribution in [0.5, 0.6) is 0 Å². The van der Waals surface area contributed by atoms with E-state index in [0.29, 0.717) is 0 Å². The molecule has 0 aliphatic rings. The first kappa shape index (κ1) is 35.2. The number of aromatic nitrogens is 1. The summed E-state index contributed by atoms with van der Waals surface area (Å²) in [5.74, 6) is 0. The summed E-state index contributed by atoms with van der Waals surface area (Å²) in [5.41, 5.74) is 16.1. The second kappa shape index (κ2) is 15.1. The molecule has 0 fully saturated rings. The smallest absolute Gasteiger partial charge is 0.0562 e. The van der Waals surface area contributed by atoms with Crippen molar-refractivity contribution in [1.29, 1.82) is 0 Å². The second-order valence-corrected chi connectivity index (χ2v) is 15.3. The van der Waals surface area contributed by atoms with Crippen molar-refractivity contribution in [2.75, 3.05) is 4.90 Å². The quantitative estimate of drug-likeness (QED) is 0.150. The molecule has 0 radical (unpaired) electrons. The number of rotatable bonds is 8. The van der Waals surface area contributed by atoms with Gasteiger partial charge in [0, 0.05) is 33.2 Å². The number of fused-ring (bicyclic) bond motifs is 4. The molecule has 0 atom stereocenters. The molecule has 0 unspecified atom stereocenters. The Kier molecular flexibility index (Phi) is 8.87. The summed E-state index contributed by atoms with van der Waals surface area (Å²) in [4.78, 5) is 2.51. The lowest BCUT2D eigenvalue weighted by Gasteiger charge is -2.31. The number of hydrogen-bond acceptors (Lipinski definition) is 1. The zero-order valence-corrected chi connectivity index (χ0v) is 33.0. The summed E-state index contributed by atoms with van der Waals surface area (Å²) in [5, 5.41) is 4.84. The van der Waals surface area contributed by atoms with Gasteiger partial charge in [-0.3, -0.25) is 0 Å². The molecule has 2 heteroatoms. The van der Waals surface area contributed by atoms with E-state index >= 15 is 0 Å². The van der Waals surface area contributed by atoms with Crippen molar-refractivity contribution in [1.82, 2.24) is 4.57 Å². The van der Waals surface area contributed by atoms with Gasteiger partial charge in [0.05, 0.1) is 28.1 Å². The highest BCUT2D eigenvalue weighted by Gasteiger charge is 2.25. The van der Waals surface area contributed by atoms with Crippen LogP contribution in [0.1, 0.15) is 0 Å². The molecular formula is C58H40N2. The molecule has 11 aromatic rings. The summed E-state index contributed by atoms with van der Waals surface area (Å²) in [6.45, 7) is 0. The molecule has 0 saturated carbocycles. The highest BCUT2D eigenvalue weighted by atomic mass is 15.2. The fourth-order valence-electron chi connectivity index (χ4n) is 9.04. The number of para-hydroxylation sites is 2. The van der Waals surface area contributed by atoms with Crippen molar-refractivity contribution < 1.29 is 0 Å². The third kappa shape index (κ3) is 6.14. The number of anilines is 3. The molecule has 0 bridgehead atoms. The van der Waals surface area contributed by atoms with Gasteiger partial charge in [0.2, 0.25) is 0 Å². The van der Waals surface area contributed by atoms with Crippen LogP contribution in [0.25, 0.3) is 82.8 Å². The molecule has 11 rings (SSSR count). The predicted molar refractivity (Wildman–Crippen MR) is 255 cm³/mol. The zero-order chi connectivity index (χ0) is 39.8. The van der Waals surface area contributed by atoms with Gasteiger partial charge in [-0.1, -0.05) is 206 Å². The van der Waals surface area contributed by atoms with Crippen molar-refractivity contribution in [3.8, 4) is 50.2 Å². The van der Waals surface area contributed by atoms with Crippen molar-refractivity contribution in [3.63, 3.8) is 0 Å². The fourth-order valence-corrected chi connectivity index (χ4v) is 9.04. The van der Waals surface area contributed by atoms with Crippen LogP contribution in [-0.4, -0.2) is 4.57 Å². The lowest BCUT2D eigenvalue weighted by atomic mass is 9.93. The molecule has 1 aromatic heterocycles. The third-order valence-corrected chi connectivity index (χ3v) is 11.8. The largest absolute Gasteiger partial charge is 0.309 e. The van der Waals surface area contributed by atoms with E-state index in [2.05, 4.69) is 252 Å². The number of benzene rings is 10. The Morgan fingerprint density at radius 2 is 0.867 bits per heavy atom. The molecule has 0 aliphatic heterocycles. The highest BCUT2D eigenvalue weighted by Crippen LogP contribution is 2.49. The van der Waals surface area contributed by atoms with Gasteiger partial charge in [-0.25, -0.2) is 0 Å². The molecule has 0 saturated heterocycles. The number of hydrogen-bond donors (Lipinski definition) is 0. The van der Waals surface area contributed by atoms with E-state index in [1.54, 1.807) is 0 Å². The molecule has 0 spiro atoms. The van der Waals surface area contributed by atoms with E-state index in [1.807, 2.05) is 0 Å². The summed E-state index contributed by atoms with van der Waals surface area (Å²) in [6, 6.07) is 88.1. The topological polar surface area (TPSA) is 8.17 Å². The Hall–Kier alpha value is -7.94. The summed E-state index contributed by atoms with van der Waals surface area (Å²) in [6.07, 6.45) is 0. The van der Waals surface area contributed by atoms with Crippen molar-refractivity contribution in [2.45, 2.75) is 0 Å². The molecule has 0 aliphatic carbocycles. The van der Waals surface area contributed by atoms with Gasteiger partial charge in [-0.05, 0) is 75.0 Å². The van der Waals surface area contributed by atoms with E-state index in [4.69, 9.17) is 0 Å². The van der Waals surface area contributed by atoms with Crippen LogP contribution in [-0.2, 0) is 0 Å². The van der Waals surface area contributed by atoms with Crippen molar-refractivity contribution in [3.05, 3.63) is 243 Å². The Balaban J connectivity index is 1.26. The molecule has 10 aromatic carbocycles. The zero-order valence-electron chi connectivity index (χ0n) is 33.0. The molecular weight excluding hydrogens is 725 g/mol. The average molecular weight is 765 g/mol. The summed E-state index contributed by atoms with van der Waals surface area (Å²) < 4.78 is 2.46. The summed E-state index contributed by atoms with van der Waals surface area (Å²) >= 11 is 0. The normalized spacial score (nSPS) is 11.3. The fraction of sp³-hybridized carbons (Fsp3) is 0. The standard InChI is InChI=1S/C58H40N2/c1-5-19-41(20-6-1)46-33-36-49(43-23-9-3-10-24-43)56(39-46)59(55-38-34-44-25-13-14-29-50(44)58(55)45-26-11-4-12-27-45)47-35-37-52-51-30-16-18-32-54(51)60(57(52)40-47)53-31-17-15-28-48(53)42-21-7-2-8-22-42/h1-40H. The van der Waals surface area contributed by atoms with Gasteiger partial charge < -0.3 is 9.47 Å². The Labute approximate surface area is 350 Å². The van der Waals surface area contributed by atoms with Gasteiger partial charge in [0.25, 0.3) is 0 Å². The molecule has 2 nitrogen and oxygen atoms in total. The van der Waals surface area contributed by atoms with E-state index in [9.17, 15) is 0 Å². The van der Waals surface area contributed by atoms with E-state index < -0.39 is 0 Å². The molecule has 1 heterocycles. The van der Waals surface area contributed by atoms with Crippen LogP contribution < -0.4 is 4.90 Å². The predicted octanol–water partition coefficient (Wildman–Crippen LogP) is 16.1. The minimum atomic E-state index is 1.07. The van der Waals surface area contributed by atoms with Gasteiger partial charge in [-0.15, -0.1) is 0 Å². The van der Waals surface area contributed by atoms with Gasteiger partial charge in [0.1, 0.15) is 0 Å². The van der Waals surface area contributed by atoms with Crippen LogP contribution in [0.3, 0.4) is 0 Å². The maximum atomic E-state index is 2.51. The first-order valence-corrected chi connectivity index (χ1v) is 20.6. The Morgan fingerprint density at radius 1 is 0.300 bits per heavy atom. The van der Waals surface area contributed by atoms with Crippen LogP contribution in [0.4, 0.5) is 17.1 Å². The van der Waals surface area contributed by atoms with Crippen molar-refractivity contribution in [2.24, 2.45) is 0 Å². The minimum Gasteiger partial charge on any atom is -0.309 e. The third-order valence-electron chi connectivity index (χ3n) is 11.8. The minimum absolute atomic E-state index is 1.07. The monoisotopic (exact) mass is 764 g/mol. The van der Waals surface area contributed by atoms with Crippen molar-refractivity contribution >= 4 is 49.6 Å². The molecule has 282 valence electrons. The Morgan fingerprint density at radius 3 is 1.60 bits per heavy atom. The average Bonchev–Trinajstić information content (AvgIpc) is 3.66. The lowest BCUT2D eigenvalue weighted by molar-refractivity contribution is 1.18. The summed E-state index contributed by atoms with van der Waals surface area (Å²) in [7, 11) is 0. The van der Waals surface area contributed by atoms with Gasteiger partial charge in [-0.2, -0.15) is 0 Å². The molecule has 0 N–H and O–H groups in total. The van der Waals surface area contributed by atoms with Crippen LogP contribution in [0.2, 0.25) is 0 Å². The van der Waals surface area contributed by atoms with Crippen LogP contribution in [0.15, 0.2) is 243 Å². The maximum absolute atomic E-state index is 2.51. The Bertz CT molecular complexity index is 3300. The van der Waals surface area contributed by atoms with Crippen LogP contribution in [0, 0.1) is 0 Å². The first-order valence-electron chi connectivity index (χ1n) is 20.6. The number of nitrogens with zero attached hydrogens (tertiary/aromatic N) is 2. The van der Waals surface area contributed by atoms with E-state index in [-0.39, 0.29) is 0 Å². The molecule has 60 heavy (non-hydrogen) atoms. The van der Waals surface area contributed by atoms with Gasteiger partial charge in [0.15, 0.2) is 0 Å². The molecule has 0 amide bonds. The first-order chi connectivity index (χ1) is 29.8. The SMILES string of the molecule is c1ccc(-c2ccc(-c3ccccc3)c(N(c3ccc4c5ccccc5n(-c5ccccc5-c5ccccc5)c4c3)c3ccc4ccccc4c3-c3ccccc3)c2)cc1. The van der Waals surface area contributed by atoms with Gasteiger partial charge >= 0.3 is 0 Å². The second-order valence-electron chi connectivity index (χ2n) is 15.3. The highest BCUT2D eigenvalue weighted by molar-refractivity contribution is 6.12.